The molecule has 1 aromatic rings. The number of hydrogen-bond acceptors (Lipinski definition) is 3. The minimum absolute atomic E-state index is 0. The summed E-state index contributed by atoms with van der Waals surface area (Å²) in [5.41, 5.74) is 2.02. The van der Waals surface area contributed by atoms with Crippen molar-refractivity contribution in [1.29, 1.82) is 0 Å². The first-order chi connectivity index (χ1) is 8.40. The summed E-state index contributed by atoms with van der Waals surface area (Å²) in [5, 5.41) is 2.37. The summed E-state index contributed by atoms with van der Waals surface area (Å²) in [6.45, 7) is -0.0659. The molecular weight excluding hydrogens is 301 g/mol. The van der Waals surface area contributed by atoms with E-state index < -0.39 is 17.5 Å². The summed E-state index contributed by atoms with van der Waals surface area (Å²) in [5.74, 6) is -0.708. The van der Waals surface area contributed by atoms with Gasteiger partial charge in [-0.3, -0.25) is 4.79 Å². The van der Waals surface area contributed by atoms with Crippen LogP contribution in [0.15, 0.2) is 30.3 Å². The number of carbonyl (C=O) groups excluding carboxylic acids is 1. The lowest BCUT2D eigenvalue weighted by molar-refractivity contribution is -0.122. The number of halogens is 4. The lowest BCUT2D eigenvalue weighted by Crippen LogP contribution is -2.35. The van der Waals surface area contributed by atoms with Crippen LogP contribution in [0, 0.1) is 0 Å². The van der Waals surface area contributed by atoms with Crippen LogP contribution in [0.4, 0.5) is 13.2 Å². The Hall–Kier alpha value is -0.920. The molecule has 0 saturated carbocycles. The standard InChI is InChI=1S/C11H13F3N2OS.ClH/c12-11(13,14)18-7-6-16-10(17)9(15)8-4-2-1-3-5-8;/h1-5,9H,6-7,15H2,(H,16,17);1H. The molecule has 0 bridgehead atoms. The van der Waals surface area contributed by atoms with Gasteiger partial charge in [0.2, 0.25) is 5.91 Å². The fourth-order valence-corrected chi connectivity index (χ4v) is 1.70. The molecule has 0 aliphatic rings. The van der Waals surface area contributed by atoms with E-state index in [1.807, 2.05) is 0 Å². The van der Waals surface area contributed by atoms with Gasteiger partial charge in [-0.25, -0.2) is 0 Å². The van der Waals surface area contributed by atoms with Crippen molar-refractivity contribution >= 4 is 30.1 Å². The molecule has 0 saturated heterocycles. The van der Waals surface area contributed by atoms with Gasteiger partial charge >= 0.3 is 5.51 Å². The second kappa shape index (κ2) is 8.29. The summed E-state index contributed by atoms with van der Waals surface area (Å²) < 4.78 is 35.5. The van der Waals surface area contributed by atoms with Crippen molar-refractivity contribution in [3.63, 3.8) is 0 Å². The highest BCUT2D eigenvalue weighted by atomic mass is 35.5. The van der Waals surface area contributed by atoms with Crippen LogP contribution < -0.4 is 11.1 Å². The van der Waals surface area contributed by atoms with Crippen LogP contribution in [0.2, 0.25) is 0 Å². The molecule has 0 aliphatic carbocycles. The van der Waals surface area contributed by atoms with Crippen LogP contribution in [-0.2, 0) is 4.79 Å². The van der Waals surface area contributed by atoms with Gasteiger partial charge in [0.05, 0.1) is 0 Å². The molecule has 0 radical (unpaired) electrons. The van der Waals surface area contributed by atoms with Gasteiger partial charge in [-0.15, -0.1) is 12.4 Å². The summed E-state index contributed by atoms with van der Waals surface area (Å²) in [6.07, 6.45) is 0. The third-order valence-electron chi connectivity index (χ3n) is 2.11. The minimum Gasteiger partial charge on any atom is -0.354 e. The van der Waals surface area contributed by atoms with Crippen molar-refractivity contribution in [3.05, 3.63) is 35.9 Å². The van der Waals surface area contributed by atoms with Crippen molar-refractivity contribution in [2.45, 2.75) is 11.6 Å². The number of hydrogen-bond donors (Lipinski definition) is 2. The number of alkyl halides is 3. The maximum Gasteiger partial charge on any atom is 0.441 e. The molecule has 1 atom stereocenters. The van der Waals surface area contributed by atoms with Gasteiger partial charge in [0.25, 0.3) is 0 Å². The Bertz CT molecular complexity index is 389. The Morgan fingerprint density at radius 3 is 2.42 bits per heavy atom. The Labute approximate surface area is 119 Å². The van der Waals surface area contributed by atoms with Crippen molar-refractivity contribution in [2.24, 2.45) is 5.73 Å². The van der Waals surface area contributed by atoms with Crippen molar-refractivity contribution in [1.82, 2.24) is 5.32 Å². The predicted octanol–water partition coefficient (Wildman–Crippen LogP) is 2.48. The molecule has 3 N–H and O–H groups in total. The van der Waals surface area contributed by atoms with Gasteiger partial charge in [0, 0.05) is 12.3 Å². The first kappa shape index (κ1) is 18.1. The van der Waals surface area contributed by atoms with Crippen molar-refractivity contribution < 1.29 is 18.0 Å². The zero-order valence-electron chi connectivity index (χ0n) is 9.81. The number of rotatable bonds is 5. The van der Waals surface area contributed by atoms with E-state index in [0.717, 1.165) is 0 Å². The third kappa shape index (κ3) is 7.29. The minimum atomic E-state index is -4.27. The number of thioether (sulfide) groups is 1. The quantitative estimate of drug-likeness (QED) is 0.821. The van der Waals surface area contributed by atoms with Crippen LogP contribution >= 0.6 is 24.2 Å². The fourth-order valence-electron chi connectivity index (χ4n) is 1.26. The van der Waals surface area contributed by atoms with Crippen LogP contribution in [0.1, 0.15) is 11.6 Å². The molecule has 1 aromatic carbocycles. The summed E-state index contributed by atoms with van der Waals surface area (Å²) >= 11 is -0.172. The number of benzene rings is 1. The van der Waals surface area contributed by atoms with E-state index in [2.05, 4.69) is 5.32 Å². The maximum absolute atomic E-state index is 11.8. The van der Waals surface area contributed by atoms with Gasteiger partial charge < -0.3 is 11.1 Å². The molecule has 108 valence electrons. The number of amides is 1. The normalized spacial score (nSPS) is 12.4. The Morgan fingerprint density at radius 1 is 1.32 bits per heavy atom. The number of carbonyl (C=O) groups is 1. The van der Waals surface area contributed by atoms with Crippen LogP contribution in [0.5, 0.6) is 0 Å². The maximum atomic E-state index is 11.8. The zero-order valence-corrected chi connectivity index (χ0v) is 11.4. The van der Waals surface area contributed by atoms with E-state index in [9.17, 15) is 18.0 Å². The fraction of sp³-hybridized carbons (Fsp3) is 0.364. The van der Waals surface area contributed by atoms with Gasteiger partial charge in [-0.2, -0.15) is 13.2 Å². The monoisotopic (exact) mass is 314 g/mol. The lowest BCUT2D eigenvalue weighted by Gasteiger charge is -2.12. The molecule has 1 unspecified atom stereocenters. The zero-order chi connectivity index (χ0) is 13.6. The van der Waals surface area contributed by atoms with Gasteiger partial charge in [-0.1, -0.05) is 30.3 Å². The molecule has 0 fully saturated rings. The number of nitrogens with two attached hydrogens (primary N) is 1. The van der Waals surface area contributed by atoms with E-state index in [4.69, 9.17) is 5.73 Å². The first-order valence-corrected chi connectivity index (χ1v) is 6.17. The molecule has 8 heteroatoms. The SMILES string of the molecule is Cl.NC(C(=O)NCCSC(F)(F)F)c1ccccc1. The molecule has 19 heavy (non-hydrogen) atoms. The highest BCUT2D eigenvalue weighted by Gasteiger charge is 2.27. The Kier molecular flexibility index (Phi) is 7.89. The largest absolute Gasteiger partial charge is 0.441 e. The van der Waals surface area contributed by atoms with Crippen molar-refractivity contribution in [3.8, 4) is 0 Å². The average molecular weight is 315 g/mol. The predicted molar refractivity (Wildman–Crippen MR) is 72.1 cm³/mol. The Morgan fingerprint density at radius 2 is 1.89 bits per heavy atom. The summed E-state index contributed by atoms with van der Waals surface area (Å²) in [6, 6.07) is 7.78. The third-order valence-corrected chi connectivity index (χ3v) is 2.84. The smallest absolute Gasteiger partial charge is 0.354 e. The summed E-state index contributed by atoms with van der Waals surface area (Å²) in [7, 11) is 0. The second-order valence-corrected chi connectivity index (χ2v) is 4.63. The van der Waals surface area contributed by atoms with Crippen LogP contribution in [0.3, 0.4) is 0 Å². The molecule has 1 amide bonds. The van der Waals surface area contributed by atoms with E-state index in [-0.39, 0.29) is 36.5 Å². The topological polar surface area (TPSA) is 55.1 Å². The van der Waals surface area contributed by atoms with Gasteiger partial charge in [0.1, 0.15) is 6.04 Å². The molecule has 1 rings (SSSR count). The highest BCUT2D eigenvalue weighted by molar-refractivity contribution is 8.00. The van der Waals surface area contributed by atoms with Crippen LogP contribution in [-0.4, -0.2) is 23.7 Å². The lowest BCUT2D eigenvalue weighted by atomic mass is 10.1. The van der Waals surface area contributed by atoms with E-state index in [0.29, 0.717) is 5.56 Å². The first-order valence-electron chi connectivity index (χ1n) is 5.19. The number of nitrogens with one attached hydrogen (secondary N) is 1. The molecule has 3 nitrogen and oxygen atoms in total. The molecule has 0 spiro atoms. The van der Waals surface area contributed by atoms with Crippen LogP contribution in [0.25, 0.3) is 0 Å². The van der Waals surface area contributed by atoms with Crippen molar-refractivity contribution in [2.75, 3.05) is 12.3 Å². The Balaban J connectivity index is 0.00000324. The average Bonchev–Trinajstić information content (AvgIpc) is 2.33. The highest BCUT2D eigenvalue weighted by Crippen LogP contribution is 2.29. The van der Waals surface area contributed by atoms with Gasteiger partial charge in [-0.05, 0) is 17.3 Å². The molecule has 0 aliphatic heterocycles. The van der Waals surface area contributed by atoms with E-state index in [1.165, 1.54) is 0 Å². The van der Waals surface area contributed by atoms with E-state index >= 15 is 0 Å². The van der Waals surface area contributed by atoms with Gasteiger partial charge in [0.15, 0.2) is 0 Å². The molecule has 0 aromatic heterocycles. The summed E-state index contributed by atoms with van der Waals surface area (Å²) in [4.78, 5) is 11.5. The molecule has 0 heterocycles. The van der Waals surface area contributed by atoms with E-state index in [1.54, 1.807) is 30.3 Å². The second-order valence-electron chi connectivity index (χ2n) is 3.47. The molecular formula is C11H14ClF3N2OS.